The molecule has 1 aliphatic rings. The molecule has 0 atom stereocenters. The van der Waals surface area contributed by atoms with Gasteiger partial charge in [0.25, 0.3) is 0 Å². The van der Waals surface area contributed by atoms with Crippen LogP contribution < -0.4 is 5.32 Å². The summed E-state index contributed by atoms with van der Waals surface area (Å²) in [5.41, 5.74) is 0.927. The molecule has 1 aromatic carbocycles. The van der Waals surface area contributed by atoms with Crippen LogP contribution in [0.25, 0.3) is 0 Å². The summed E-state index contributed by atoms with van der Waals surface area (Å²) in [5, 5.41) is 14.9. The predicted molar refractivity (Wildman–Crippen MR) is 83.2 cm³/mol. The lowest BCUT2D eigenvalue weighted by molar-refractivity contribution is -0.113. The Balaban J connectivity index is 1.57. The summed E-state index contributed by atoms with van der Waals surface area (Å²) in [7, 11) is 1.31. The van der Waals surface area contributed by atoms with Crippen LogP contribution in [0.15, 0.2) is 29.4 Å². The Morgan fingerprint density at radius 3 is 3.00 bits per heavy atom. The van der Waals surface area contributed by atoms with Gasteiger partial charge in [-0.05, 0) is 41.5 Å². The van der Waals surface area contributed by atoms with E-state index in [0.29, 0.717) is 22.4 Å². The molecule has 0 saturated heterocycles. The number of aromatic nitrogens is 4. The van der Waals surface area contributed by atoms with E-state index in [9.17, 15) is 9.59 Å². The molecule has 0 bridgehead atoms. The van der Waals surface area contributed by atoms with E-state index in [1.54, 1.807) is 28.9 Å². The van der Waals surface area contributed by atoms with Gasteiger partial charge in [-0.15, -0.1) is 5.10 Å². The lowest BCUT2D eigenvalue weighted by Crippen LogP contribution is -2.15. The second kappa shape index (κ2) is 6.78. The highest BCUT2D eigenvalue weighted by Gasteiger charge is 2.28. The van der Waals surface area contributed by atoms with E-state index in [4.69, 9.17) is 0 Å². The molecule has 120 valence electrons. The number of hydrogen-bond donors (Lipinski definition) is 1. The molecule has 0 radical (unpaired) electrons. The molecule has 1 fully saturated rings. The maximum absolute atomic E-state index is 12.0. The van der Waals surface area contributed by atoms with E-state index in [1.807, 2.05) is 0 Å². The molecule has 3 rings (SSSR count). The average molecular weight is 333 g/mol. The molecule has 8 nitrogen and oxygen atoms in total. The van der Waals surface area contributed by atoms with E-state index < -0.39 is 5.97 Å². The fraction of sp³-hybridized carbons (Fsp3) is 0.357. The second-order valence-corrected chi connectivity index (χ2v) is 5.99. The van der Waals surface area contributed by atoms with E-state index in [-0.39, 0.29) is 11.7 Å². The van der Waals surface area contributed by atoms with Gasteiger partial charge in [-0.1, -0.05) is 17.8 Å². The molecule has 1 heterocycles. The van der Waals surface area contributed by atoms with Crippen molar-refractivity contribution >= 4 is 29.3 Å². The minimum atomic E-state index is -0.445. The van der Waals surface area contributed by atoms with Crippen molar-refractivity contribution in [3.63, 3.8) is 0 Å². The average Bonchev–Trinajstić information content (AvgIpc) is 3.30. The van der Waals surface area contributed by atoms with Crippen molar-refractivity contribution in [2.75, 3.05) is 18.2 Å². The normalized spacial score (nSPS) is 13.6. The number of amides is 1. The highest BCUT2D eigenvalue weighted by atomic mass is 32.2. The van der Waals surface area contributed by atoms with Crippen molar-refractivity contribution in [3.05, 3.63) is 29.8 Å². The number of thioether (sulfide) groups is 1. The van der Waals surface area contributed by atoms with Crippen LogP contribution in [0.2, 0.25) is 0 Å². The van der Waals surface area contributed by atoms with Gasteiger partial charge >= 0.3 is 5.97 Å². The maximum atomic E-state index is 12.0. The van der Waals surface area contributed by atoms with Gasteiger partial charge in [-0.3, -0.25) is 4.79 Å². The Kier molecular flexibility index (Phi) is 4.56. The summed E-state index contributed by atoms with van der Waals surface area (Å²) in [5.74, 6) is -0.448. The Hall–Kier alpha value is -2.42. The van der Waals surface area contributed by atoms with Crippen LogP contribution in [-0.2, 0) is 9.53 Å². The number of nitrogens with one attached hydrogen (secondary N) is 1. The highest BCUT2D eigenvalue weighted by Crippen LogP contribution is 2.36. The largest absolute Gasteiger partial charge is 0.465 e. The topological polar surface area (TPSA) is 99.0 Å². The van der Waals surface area contributed by atoms with Gasteiger partial charge in [0.1, 0.15) is 0 Å². The summed E-state index contributed by atoms with van der Waals surface area (Å²) in [6.45, 7) is 0. The Morgan fingerprint density at radius 2 is 2.26 bits per heavy atom. The zero-order chi connectivity index (χ0) is 16.2. The second-order valence-electron chi connectivity index (χ2n) is 5.05. The Bertz CT molecular complexity index is 729. The summed E-state index contributed by atoms with van der Waals surface area (Å²) >= 11 is 1.29. The van der Waals surface area contributed by atoms with Gasteiger partial charge in [0.05, 0.1) is 24.5 Å². The number of ether oxygens (including phenoxy) is 1. The van der Waals surface area contributed by atoms with Crippen LogP contribution >= 0.6 is 11.8 Å². The van der Waals surface area contributed by atoms with Crippen molar-refractivity contribution < 1.29 is 14.3 Å². The molecular weight excluding hydrogens is 318 g/mol. The molecule has 0 unspecified atom stereocenters. The zero-order valence-electron chi connectivity index (χ0n) is 12.4. The number of rotatable bonds is 6. The first-order chi connectivity index (χ1) is 11.2. The van der Waals surface area contributed by atoms with Crippen LogP contribution in [0.1, 0.15) is 29.2 Å². The van der Waals surface area contributed by atoms with Gasteiger partial charge in [-0.25, -0.2) is 9.48 Å². The number of nitrogens with zero attached hydrogens (tertiary/aromatic N) is 4. The molecule has 1 aromatic heterocycles. The molecule has 2 aromatic rings. The molecule has 0 spiro atoms. The van der Waals surface area contributed by atoms with Gasteiger partial charge < -0.3 is 10.1 Å². The SMILES string of the molecule is COC(=O)c1cccc(NC(=O)CSc2nnnn2C2CC2)c1. The maximum Gasteiger partial charge on any atom is 0.337 e. The summed E-state index contributed by atoms with van der Waals surface area (Å²) in [6.07, 6.45) is 2.15. The van der Waals surface area contributed by atoms with E-state index in [1.165, 1.54) is 18.9 Å². The third-order valence-electron chi connectivity index (χ3n) is 3.26. The third kappa shape index (κ3) is 3.86. The number of carbonyl (C=O) groups excluding carboxylic acids is 2. The van der Waals surface area contributed by atoms with Gasteiger partial charge in [0, 0.05) is 5.69 Å². The van der Waals surface area contributed by atoms with Crippen LogP contribution in [0, 0.1) is 0 Å². The molecular formula is C14H15N5O3S. The lowest BCUT2D eigenvalue weighted by Gasteiger charge is -2.06. The quantitative estimate of drug-likeness (QED) is 0.632. The van der Waals surface area contributed by atoms with Crippen LogP contribution in [0.3, 0.4) is 0 Å². The Morgan fingerprint density at radius 1 is 1.43 bits per heavy atom. The molecule has 1 saturated carbocycles. The smallest absolute Gasteiger partial charge is 0.337 e. The van der Waals surface area contributed by atoms with Crippen LogP contribution in [0.5, 0.6) is 0 Å². The summed E-state index contributed by atoms with van der Waals surface area (Å²) in [6, 6.07) is 6.96. The number of esters is 1. The highest BCUT2D eigenvalue weighted by molar-refractivity contribution is 7.99. The van der Waals surface area contributed by atoms with Crippen molar-refractivity contribution in [2.45, 2.75) is 24.0 Å². The van der Waals surface area contributed by atoms with Gasteiger partial charge in [0.15, 0.2) is 0 Å². The van der Waals surface area contributed by atoms with Crippen molar-refractivity contribution in [2.24, 2.45) is 0 Å². The fourth-order valence-electron chi connectivity index (χ4n) is 2.00. The first-order valence-corrected chi connectivity index (χ1v) is 8.05. The monoisotopic (exact) mass is 333 g/mol. The number of hydrogen-bond acceptors (Lipinski definition) is 7. The molecule has 1 amide bonds. The van der Waals surface area contributed by atoms with Crippen LogP contribution in [0.4, 0.5) is 5.69 Å². The Labute approximate surface area is 136 Å². The van der Waals surface area contributed by atoms with E-state index in [2.05, 4.69) is 25.6 Å². The minimum Gasteiger partial charge on any atom is -0.465 e. The molecule has 23 heavy (non-hydrogen) atoms. The number of carbonyl (C=O) groups is 2. The molecule has 9 heteroatoms. The third-order valence-corrected chi connectivity index (χ3v) is 4.19. The summed E-state index contributed by atoms with van der Waals surface area (Å²) < 4.78 is 6.41. The zero-order valence-corrected chi connectivity index (χ0v) is 13.2. The number of tetrazole rings is 1. The van der Waals surface area contributed by atoms with Crippen molar-refractivity contribution in [1.82, 2.24) is 20.2 Å². The molecule has 0 aliphatic heterocycles. The molecule has 1 aliphatic carbocycles. The van der Waals surface area contributed by atoms with Crippen molar-refractivity contribution in [3.8, 4) is 0 Å². The first kappa shape index (κ1) is 15.5. The number of anilines is 1. The minimum absolute atomic E-state index is 0.190. The van der Waals surface area contributed by atoms with Gasteiger partial charge in [-0.2, -0.15) is 0 Å². The fourth-order valence-corrected chi connectivity index (χ4v) is 2.74. The van der Waals surface area contributed by atoms with E-state index in [0.717, 1.165) is 12.8 Å². The van der Waals surface area contributed by atoms with Crippen molar-refractivity contribution in [1.29, 1.82) is 0 Å². The predicted octanol–water partition coefficient (Wildman–Crippen LogP) is 1.53. The number of benzene rings is 1. The van der Waals surface area contributed by atoms with Crippen LogP contribution in [-0.4, -0.2) is 44.9 Å². The molecule has 1 N–H and O–H groups in total. The lowest BCUT2D eigenvalue weighted by atomic mass is 10.2. The summed E-state index contributed by atoms with van der Waals surface area (Å²) in [4.78, 5) is 23.5. The first-order valence-electron chi connectivity index (χ1n) is 7.06. The standard InChI is InChI=1S/C14H15N5O3S/c1-22-13(21)9-3-2-4-10(7-9)15-12(20)8-23-14-16-17-18-19(14)11-5-6-11/h2-4,7,11H,5-6,8H2,1H3,(H,15,20). The van der Waals surface area contributed by atoms with E-state index >= 15 is 0 Å². The van der Waals surface area contributed by atoms with Gasteiger partial charge in [0.2, 0.25) is 11.1 Å². The number of methoxy groups -OCH3 is 1.